The van der Waals surface area contributed by atoms with E-state index >= 15 is 0 Å². The minimum absolute atomic E-state index is 0.277. The van der Waals surface area contributed by atoms with Gasteiger partial charge >= 0.3 is 0 Å². The first-order valence-electron chi connectivity index (χ1n) is 9.33. The van der Waals surface area contributed by atoms with E-state index < -0.39 is 9.84 Å². The molecule has 8 heteroatoms. The Hall–Kier alpha value is -2.25. The zero-order valence-electron chi connectivity index (χ0n) is 16.5. The summed E-state index contributed by atoms with van der Waals surface area (Å²) < 4.78 is 25.6. The predicted molar refractivity (Wildman–Crippen MR) is 128 cm³/mol. The molecule has 0 N–H and O–H groups in total. The van der Waals surface area contributed by atoms with Gasteiger partial charge in [-0.1, -0.05) is 35.3 Å². The molecule has 4 rings (SSSR count). The van der Waals surface area contributed by atoms with Crippen molar-refractivity contribution < 1.29 is 8.42 Å². The van der Waals surface area contributed by atoms with Crippen LogP contribution in [-0.2, 0) is 15.6 Å². The maximum absolute atomic E-state index is 11.8. The van der Waals surface area contributed by atoms with Gasteiger partial charge in [0.15, 0.2) is 9.84 Å². The zero-order chi connectivity index (χ0) is 22.0. The molecule has 0 amide bonds. The molecule has 0 aliphatic heterocycles. The SMILES string of the molecule is CS(=O)(=O)c1ccc(-n2cc(CSc3ccccc3Cl)nc2-c2ccc(Cl)cc2)cc1. The van der Waals surface area contributed by atoms with Crippen LogP contribution in [0.1, 0.15) is 5.69 Å². The minimum atomic E-state index is -3.26. The average Bonchev–Trinajstić information content (AvgIpc) is 3.17. The fraction of sp³-hybridized carbons (Fsp3) is 0.0870. The molecular formula is C23H18Cl2N2O2S2. The number of sulfone groups is 1. The number of hydrogen-bond donors (Lipinski definition) is 0. The summed E-state index contributed by atoms with van der Waals surface area (Å²) in [5.41, 5.74) is 2.60. The molecule has 0 saturated carbocycles. The maximum atomic E-state index is 11.8. The molecule has 0 bridgehead atoms. The highest BCUT2D eigenvalue weighted by Crippen LogP contribution is 2.31. The standard InChI is InChI=1S/C23H18Cl2N2O2S2/c1-31(28,29)20-12-10-19(11-13-20)27-14-18(15-30-22-5-3-2-4-21(22)25)26-23(27)16-6-8-17(24)9-7-16/h2-14H,15H2,1H3. The summed E-state index contributed by atoms with van der Waals surface area (Å²) in [6.07, 6.45) is 3.16. The van der Waals surface area contributed by atoms with E-state index in [1.165, 1.54) is 6.26 Å². The molecule has 0 radical (unpaired) electrons. The second-order valence-corrected chi connectivity index (χ2v) is 10.8. The van der Waals surface area contributed by atoms with E-state index in [1.807, 2.05) is 59.3 Å². The molecule has 4 aromatic rings. The first-order chi connectivity index (χ1) is 14.8. The minimum Gasteiger partial charge on any atom is -0.299 e. The van der Waals surface area contributed by atoms with Crippen molar-refractivity contribution in [1.29, 1.82) is 0 Å². The molecular weight excluding hydrogens is 471 g/mol. The van der Waals surface area contributed by atoms with Crippen molar-refractivity contribution in [3.63, 3.8) is 0 Å². The van der Waals surface area contributed by atoms with Crippen LogP contribution in [0, 0.1) is 0 Å². The van der Waals surface area contributed by atoms with Crippen LogP contribution in [0.15, 0.2) is 88.8 Å². The van der Waals surface area contributed by atoms with Gasteiger partial charge in [0.1, 0.15) is 5.82 Å². The third kappa shape index (κ3) is 5.15. The number of aromatic nitrogens is 2. The fourth-order valence-corrected chi connectivity index (χ4v) is 4.94. The van der Waals surface area contributed by atoms with Crippen molar-refractivity contribution in [1.82, 2.24) is 9.55 Å². The van der Waals surface area contributed by atoms with Gasteiger partial charge in [0.05, 0.1) is 15.6 Å². The van der Waals surface area contributed by atoms with Crippen molar-refractivity contribution in [2.45, 2.75) is 15.5 Å². The summed E-state index contributed by atoms with van der Waals surface area (Å²) >= 11 is 13.9. The molecule has 0 aliphatic rings. The lowest BCUT2D eigenvalue weighted by atomic mass is 10.2. The van der Waals surface area contributed by atoms with Gasteiger partial charge in [-0.3, -0.25) is 4.57 Å². The van der Waals surface area contributed by atoms with Crippen LogP contribution in [0.2, 0.25) is 10.0 Å². The number of hydrogen-bond acceptors (Lipinski definition) is 4. The van der Waals surface area contributed by atoms with Crippen LogP contribution in [0.4, 0.5) is 0 Å². The Balaban J connectivity index is 1.72. The lowest BCUT2D eigenvalue weighted by molar-refractivity contribution is 0.602. The van der Waals surface area contributed by atoms with Crippen LogP contribution < -0.4 is 0 Å². The quantitative estimate of drug-likeness (QED) is 0.289. The zero-order valence-corrected chi connectivity index (χ0v) is 19.6. The highest BCUT2D eigenvalue weighted by Gasteiger charge is 2.14. The first-order valence-corrected chi connectivity index (χ1v) is 13.0. The molecule has 4 nitrogen and oxygen atoms in total. The Morgan fingerprint density at radius 1 is 0.935 bits per heavy atom. The Labute approximate surface area is 195 Å². The molecule has 1 aromatic heterocycles. The van der Waals surface area contributed by atoms with Crippen molar-refractivity contribution in [2.75, 3.05) is 6.26 Å². The van der Waals surface area contributed by atoms with E-state index in [0.717, 1.165) is 27.7 Å². The molecule has 1 heterocycles. The van der Waals surface area contributed by atoms with E-state index in [9.17, 15) is 8.42 Å². The topological polar surface area (TPSA) is 52.0 Å². The molecule has 0 saturated heterocycles. The van der Waals surface area contributed by atoms with Gasteiger partial charge < -0.3 is 0 Å². The summed E-state index contributed by atoms with van der Waals surface area (Å²) in [5, 5.41) is 1.36. The van der Waals surface area contributed by atoms with Crippen molar-refractivity contribution in [3.8, 4) is 17.1 Å². The van der Waals surface area contributed by atoms with Gasteiger partial charge in [-0.2, -0.15) is 0 Å². The molecule has 0 atom stereocenters. The van der Waals surface area contributed by atoms with E-state index in [0.29, 0.717) is 15.8 Å². The fourth-order valence-electron chi connectivity index (χ4n) is 3.07. The highest BCUT2D eigenvalue weighted by molar-refractivity contribution is 7.98. The lowest BCUT2D eigenvalue weighted by Gasteiger charge is -2.09. The molecule has 31 heavy (non-hydrogen) atoms. The van der Waals surface area contributed by atoms with Crippen molar-refractivity contribution in [3.05, 3.63) is 94.7 Å². The predicted octanol–water partition coefficient (Wildman–Crippen LogP) is 6.54. The molecule has 0 aliphatic carbocycles. The monoisotopic (exact) mass is 488 g/mol. The lowest BCUT2D eigenvalue weighted by Crippen LogP contribution is -1.99. The molecule has 158 valence electrons. The van der Waals surface area contributed by atoms with Gasteiger partial charge in [0.2, 0.25) is 0 Å². The van der Waals surface area contributed by atoms with Crippen LogP contribution in [0.25, 0.3) is 17.1 Å². The van der Waals surface area contributed by atoms with Crippen LogP contribution in [0.3, 0.4) is 0 Å². The summed E-state index contributed by atoms with van der Waals surface area (Å²) in [6.45, 7) is 0. The van der Waals surface area contributed by atoms with Gasteiger partial charge in [-0.05, 0) is 60.7 Å². The number of benzene rings is 3. The molecule has 0 fully saturated rings. The van der Waals surface area contributed by atoms with E-state index in [2.05, 4.69) is 0 Å². The second-order valence-electron chi connectivity index (χ2n) is 6.92. The smallest absolute Gasteiger partial charge is 0.175 e. The number of halogens is 2. The number of thioether (sulfide) groups is 1. The largest absolute Gasteiger partial charge is 0.299 e. The number of imidazole rings is 1. The average molecular weight is 489 g/mol. The van der Waals surface area contributed by atoms with Crippen molar-refractivity contribution >= 4 is 44.8 Å². The van der Waals surface area contributed by atoms with Gasteiger partial charge in [0, 0.05) is 39.4 Å². The van der Waals surface area contributed by atoms with Crippen molar-refractivity contribution in [2.24, 2.45) is 0 Å². The Morgan fingerprint density at radius 2 is 1.61 bits per heavy atom. The van der Waals surface area contributed by atoms with E-state index in [-0.39, 0.29) is 4.90 Å². The second kappa shape index (κ2) is 9.09. The Bertz CT molecular complexity index is 1320. The summed E-state index contributed by atoms with van der Waals surface area (Å²) in [7, 11) is -3.26. The third-order valence-electron chi connectivity index (χ3n) is 4.61. The Morgan fingerprint density at radius 3 is 2.26 bits per heavy atom. The van der Waals surface area contributed by atoms with E-state index in [4.69, 9.17) is 28.2 Å². The number of nitrogens with zero attached hydrogens (tertiary/aromatic N) is 2. The summed E-state index contributed by atoms with van der Waals surface area (Å²) in [5.74, 6) is 1.39. The molecule has 0 spiro atoms. The Kier molecular flexibility index (Phi) is 6.44. The third-order valence-corrected chi connectivity index (χ3v) is 7.54. The van der Waals surface area contributed by atoms with Gasteiger partial charge in [-0.15, -0.1) is 11.8 Å². The molecule has 3 aromatic carbocycles. The highest BCUT2D eigenvalue weighted by atomic mass is 35.5. The van der Waals surface area contributed by atoms with E-state index in [1.54, 1.807) is 36.0 Å². The van der Waals surface area contributed by atoms with Gasteiger partial charge in [-0.25, -0.2) is 13.4 Å². The van der Waals surface area contributed by atoms with Crippen LogP contribution in [0.5, 0.6) is 0 Å². The van der Waals surface area contributed by atoms with Crippen LogP contribution in [-0.4, -0.2) is 24.2 Å². The molecule has 0 unspecified atom stereocenters. The summed E-state index contributed by atoms with van der Waals surface area (Å²) in [6, 6.07) is 21.9. The van der Waals surface area contributed by atoms with Crippen LogP contribution >= 0.6 is 35.0 Å². The maximum Gasteiger partial charge on any atom is 0.175 e. The summed E-state index contributed by atoms with van der Waals surface area (Å²) in [4.78, 5) is 6.11. The van der Waals surface area contributed by atoms with Gasteiger partial charge in [0.25, 0.3) is 0 Å². The number of rotatable bonds is 6. The first kappa shape index (κ1) is 22.0. The normalized spacial score (nSPS) is 11.6.